The molecule has 1 unspecified atom stereocenters. The van der Waals surface area contributed by atoms with Crippen LogP contribution in [0.5, 0.6) is 5.75 Å². The van der Waals surface area contributed by atoms with Gasteiger partial charge in [0.2, 0.25) is 0 Å². The average molecular weight is 561 g/mol. The highest BCUT2D eigenvalue weighted by Crippen LogP contribution is 2.41. The number of halogens is 5. The van der Waals surface area contributed by atoms with Crippen LogP contribution in [0, 0.1) is 30.2 Å². The molecule has 0 radical (unpaired) electrons. The maximum atomic E-state index is 14.7. The molecule has 0 bridgehead atoms. The highest BCUT2D eigenvalue weighted by atomic mass is 35.5. The predicted molar refractivity (Wildman–Crippen MR) is 140 cm³/mol. The molecule has 3 nitrogen and oxygen atoms in total. The number of aryl methyl sites for hydroxylation is 1. The summed E-state index contributed by atoms with van der Waals surface area (Å²) in [4.78, 5) is 11.6. The fourth-order valence-electron chi connectivity index (χ4n) is 3.91. The summed E-state index contributed by atoms with van der Waals surface area (Å²) >= 11 is 7.75. The molecular formula is C29H21ClF4O3S. The summed E-state index contributed by atoms with van der Waals surface area (Å²) in [6, 6.07) is 18.5. The van der Waals surface area contributed by atoms with Gasteiger partial charge in [0, 0.05) is 20.7 Å². The van der Waals surface area contributed by atoms with Gasteiger partial charge in [-0.1, -0.05) is 41.9 Å². The van der Waals surface area contributed by atoms with Gasteiger partial charge in [-0.15, -0.1) is 11.8 Å². The molecule has 4 aromatic rings. The van der Waals surface area contributed by atoms with Gasteiger partial charge in [0.25, 0.3) is 0 Å². The van der Waals surface area contributed by atoms with Crippen molar-refractivity contribution in [1.82, 2.24) is 0 Å². The summed E-state index contributed by atoms with van der Waals surface area (Å²) in [7, 11) is 0. The first-order valence-electron chi connectivity index (χ1n) is 11.4. The Bertz CT molecular complexity index is 1430. The van der Waals surface area contributed by atoms with Crippen LogP contribution >= 0.6 is 23.4 Å². The van der Waals surface area contributed by atoms with Crippen LogP contribution in [0.15, 0.2) is 77.7 Å². The minimum absolute atomic E-state index is 0.182. The van der Waals surface area contributed by atoms with Crippen molar-refractivity contribution < 1.29 is 32.2 Å². The molecule has 1 atom stereocenters. The Balaban J connectivity index is 1.66. The maximum absolute atomic E-state index is 14.7. The largest absolute Gasteiger partial charge is 0.482 e. The van der Waals surface area contributed by atoms with E-state index in [0.29, 0.717) is 16.9 Å². The first-order valence-corrected chi connectivity index (χ1v) is 12.7. The molecule has 0 aliphatic heterocycles. The van der Waals surface area contributed by atoms with Gasteiger partial charge >= 0.3 is 5.97 Å². The first-order chi connectivity index (χ1) is 18.1. The van der Waals surface area contributed by atoms with Crippen LogP contribution < -0.4 is 4.74 Å². The summed E-state index contributed by atoms with van der Waals surface area (Å²) in [5.74, 6) is -5.17. The van der Waals surface area contributed by atoms with Crippen molar-refractivity contribution in [3.8, 4) is 16.9 Å². The molecule has 0 saturated carbocycles. The first kappa shape index (κ1) is 27.5. The smallest absolute Gasteiger partial charge is 0.341 e. The van der Waals surface area contributed by atoms with Crippen LogP contribution in [0.3, 0.4) is 0 Å². The van der Waals surface area contributed by atoms with Crippen LogP contribution in [0.1, 0.15) is 21.9 Å². The van der Waals surface area contributed by atoms with E-state index in [2.05, 4.69) is 0 Å². The lowest BCUT2D eigenvalue weighted by Crippen LogP contribution is -2.10. The van der Waals surface area contributed by atoms with Crippen molar-refractivity contribution in [2.75, 3.05) is 6.61 Å². The van der Waals surface area contributed by atoms with E-state index in [0.717, 1.165) is 28.2 Å². The quantitative estimate of drug-likeness (QED) is 0.127. The third-order valence-electron chi connectivity index (χ3n) is 5.83. The lowest BCUT2D eigenvalue weighted by molar-refractivity contribution is -0.139. The number of thioether (sulfide) groups is 1. The van der Waals surface area contributed by atoms with Gasteiger partial charge in [0.05, 0.1) is 0 Å². The van der Waals surface area contributed by atoms with Crippen LogP contribution in [-0.4, -0.2) is 17.7 Å². The number of carbonyl (C=O) groups is 1. The molecule has 4 aromatic carbocycles. The van der Waals surface area contributed by atoms with Gasteiger partial charge in [0.15, 0.2) is 24.1 Å². The highest BCUT2D eigenvalue weighted by Gasteiger charge is 2.20. The van der Waals surface area contributed by atoms with Crippen molar-refractivity contribution in [1.29, 1.82) is 0 Å². The Labute approximate surface area is 226 Å². The monoisotopic (exact) mass is 560 g/mol. The molecule has 0 saturated heterocycles. The summed E-state index contributed by atoms with van der Waals surface area (Å²) in [6.07, 6.45) is 0.242. The van der Waals surface area contributed by atoms with Gasteiger partial charge in [-0.05, 0) is 78.1 Å². The highest BCUT2D eigenvalue weighted by molar-refractivity contribution is 7.99. The number of carboxylic acid groups (broad SMARTS) is 1. The van der Waals surface area contributed by atoms with Gasteiger partial charge in [-0.3, -0.25) is 0 Å². The maximum Gasteiger partial charge on any atom is 0.341 e. The summed E-state index contributed by atoms with van der Waals surface area (Å²) in [5.41, 5.74) is 2.54. The van der Waals surface area contributed by atoms with Gasteiger partial charge < -0.3 is 9.84 Å². The Kier molecular flexibility index (Phi) is 8.64. The molecule has 196 valence electrons. The summed E-state index contributed by atoms with van der Waals surface area (Å²) < 4.78 is 60.8. The van der Waals surface area contributed by atoms with E-state index in [4.69, 9.17) is 21.4 Å². The summed E-state index contributed by atoms with van der Waals surface area (Å²) in [6.45, 7) is 1.33. The topological polar surface area (TPSA) is 46.5 Å². The molecule has 0 heterocycles. The minimum Gasteiger partial charge on any atom is -0.482 e. The lowest BCUT2D eigenvalue weighted by atomic mass is 9.99. The molecule has 0 aliphatic rings. The van der Waals surface area contributed by atoms with Crippen molar-refractivity contribution in [3.05, 3.63) is 118 Å². The molecule has 0 fully saturated rings. The van der Waals surface area contributed by atoms with E-state index >= 15 is 0 Å². The molecule has 4 rings (SSSR count). The van der Waals surface area contributed by atoms with Crippen LogP contribution in [-0.2, 0) is 11.2 Å². The lowest BCUT2D eigenvalue weighted by Gasteiger charge is -2.20. The Morgan fingerprint density at radius 1 is 0.921 bits per heavy atom. The third kappa shape index (κ3) is 6.49. The van der Waals surface area contributed by atoms with Crippen molar-refractivity contribution in [2.24, 2.45) is 0 Å². The van der Waals surface area contributed by atoms with E-state index in [1.165, 1.54) is 23.9 Å². The number of hydrogen-bond acceptors (Lipinski definition) is 3. The fraction of sp³-hybridized carbons (Fsp3) is 0.138. The number of carboxylic acids is 1. The minimum atomic E-state index is -1.53. The van der Waals surface area contributed by atoms with Crippen LogP contribution in [0.4, 0.5) is 17.6 Å². The SMILES string of the molecule is Cc1cc(SC(Cc2c(F)cccc2Cl)c2ccc(-c3cc(F)c(F)c(F)c3)cc2)ccc1OCC(=O)O. The van der Waals surface area contributed by atoms with Gasteiger partial charge in [0.1, 0.15) is 11.6 Å². The fourth-order valence-corrected chi connectivity index (χ4v) is 5.42. The van der Waals surface area contributed by atoms with E-state index < -0.39 is 35.8 Å². The van der Waals surface area contributed by atoms with Gasteiger partial charge in [-0.25, -0.2) is 22.4 Å². The second-order valence-electron chi connectivity index (χ2n) is 8.50. The van der Waals surface area contributed by atoms with E-state index in [1.807, 2.05) is 6.07 Å². The van der Waals surface area contributed by atoms with Gasteiger partial charge in [-0.2, -0.15) is 0 Å². The van der Waals surface area contributed by atoms with Crippen LogP contribution in [0.25, 0.3) is 11.1 Å². The molecule has 1 N–H and O–H groups in total. The Hall–Kier alpha value is -3.49. The Morgan fingerprint density at radius 3 is 2.21 bits per heavy atom. The Morgan fingerprint density at radius 2 is 1.61 bits per heavy atom. The zero-order chi connectivity index (χ0) is 27.4. The molecule has 9 heteroatoms. The van der Waals surface area contributed by atoms with Crippen molar-refractivity contribution in [3.63, 3.8) is 0 Å². The van der Waals surface area contributed by atoms with Crippen LogP contribution in [0.2, 0.25) is 5.02 Å². The van der Waals surface area contributed by atoms with E-state index in [1.54, 1.807) is 49.4 Å². The number of benzene rings is 4. The molecule has 0 spiro atoms. The second-order valence-corrected chi connectivity index (χ2v) is 10.2. The van der Waals surface area contributed by atoms with E-state index in [-0.39, 0.29) is 22.3 Å². The number of hydrogen-bond donors (Lipinski definition) is 1. The van der Waals surface area contributed by atoms with E-state index in [9.17, 15) is 22.4 Å². The predicted octanol–water partition coefficient (Wildman–Crippen LogP) is 8.41. The number of rotatable bonds is 9. The average Bonchev–Trinajstić information content (AvgIpc) is 2.88. The number of aliphatic carboxylic acids is 1. The summed E-state index contributed by atoms with van der Waals surface area (Å²) in [5, 5.41) is 8.83. The molecule has 0 amide bonds. The molecule has 0 aromatic heterocycles. The number of ether oxygens (including phenoxy) is 1. The third-order valence-corrected chi connectivity index (χ3v) is 7.43. The standard InChI is InChI=1S/C29H21ClF4O3S/c1-16-11-20(9-10-26(16)37-15-28(35)36)38-27(14-21-22(30)3-2-4-23(21)31)18-7-5-17(6-8-18)19-12-24(32)29(34)25(33)13-19/h2-13,27H,14-15H2,1H3,(H,35,36). The normalized spacial score (nSPS) is 11.8. The second kappa shape index (κ2) is 11.9. The zero-order valence-corrected chi connectivity index (χ0v) is 21.6. The molecular weight excluding hydrogens is 540 g/mol. The van der Waals surface area contributed by atoms with Crippen molar-refractivity contribution >= 4 is 29.3 Å². The zero-order valence-electron chi connectivity index (χ0n) is 20.0. The molecule has 38 heavy (non-hydrogen) atoms. The molecule has 0 aliphatic carbocycles. The van der Waals surface area contributed by atoms with Crippen molar-refractivity contribution in [2.45, 2.75) is 23.5 Å².